The van der Waals surface area contributed by atoms with Crippen LogP contribution >= 0.6 is 0 Å². The summed E-state index contributed by atoms with van der Waals surface area (Å²) in [4.78, 5) is 2.52. The molecule has 1 saturated heterocycles. The SMILES string of the molecule is CC1CCCN(c2ccc(CNC(C)C)cc2)C1. The highest BCUT2D eigenvalue weighted by Crippen LogP contribution is 2.23. The summed E-state index contributed by atoms with van der Waals surface area (Å²) in [7, 11) is 0. The first-order valence-corrected chi connectivity index (χ1v) is 7.22. The summed E-state index contributed by atoms with van der Waals surface area (Å²) in [6.45, 7) is 10.1. The van der Waals surface area contributed by atoms with Crippen LogP contribution in [0.15, 0.2) is 24.3 Å². The summed E-state index contributed by atoms with van der Waals surface area (Å²) in [5.74, 6) is 0.834. The highest BCUT2D eigenvalue weighted by atomic mass is 15.1. The van der Waals surface area contributed by atoms with E-state index in [9.17, 15) is 0 Å². The molecule has 0 spiro atoms. The van der Waals surface area contributed by atoms with E-state index in [2.05, 4.69) is 55.3 Å². The van der Waals surface area contributed by atoms with Gasteiger partial charge in [-0.1, -0.05) is 32.9 Å². The molecule has 1 heterocycles. The zero-order valence-electron chi connectivity index (χ0n) is 11.9. The summed E-state index contributed by atoms with van der Waals surface area (Å²) in [5, 5.41) is 3.45. The molecule has 1 aliphatic heterocycles. The summed E-state index contributed by atoms with van der Waals surface area (Å²) in [6.07, 6.45) is 2.71. The molecule has 1 aliphatic rings. The van der Waals surface area contributed by atoms with E-state index in [1.165, 1.54) is 37.2 Å². The monoisotopic (exact) mass is 246 g/mol. The van der Waals surface area contributed by atoms with Gasteiger partial charge in [0.05, 0.1) is 0 Å². The van der Waals surface area contributed by atoms with E-state index in [4.69, 9.17) is 0 Å². The highest BCUT2D eigenvalue weighted by Gasteiger charge is 2.16. The van der Waals surface area contributed by atoms with Crippen molar-refractivity contribution >= 4 is 5.69 Å². The van der Waals surface area contributed by atoms with Crippen LogP contribution in [0.25, 0.3) is 0 Å². The first kappa shape index (κ1) is 13.4. The van der Waals surface area contributed by atoms with Gasteiger partial charge in [0.25, 0.3) is 0 Å². The second kappa shape index (κ2) is 6.24. The van der Waals surface area contributed by atoms with Gasteiger partial charge in [0.2, 0.25) is 0 Å². The van der Waals surface area contributed by atoms with Gasteiger partial charge in [0.1, 0.15) is 0 Å². The van der Waals surface area contributed by atoms with Crippen molar-refractivity contribution in [2.45, 2.75) is 46.2 Å². The minimum absolute atomic E-state index is 0.549. The normalized spacial score (nSPS) is 20.4. The number of anilines is 1. The molecule has 1 aromatic rings. The molecule has 18 heavy (non-hydrogen) atoms. The summed E-state index contributed by atoms with van der Waals surface area (Å²) >= 11 is 0. The average Bonchev–Trinajstić information content (AvgIpc) is 2.37. The van der Waals surface area contributed by atoms with E-state index >= 15 is 0 Å². The molecule has 0 saturated carbocycles. The van der Waals surface area contributed by atoms with Gasteiger partial charge < -0.3 is 10.2 Å². The Morgan fingerprint density at radius 2 is 2.00 bits per heavy atom. The standard InChI is InChI=1S/C16H26N2/c1-13(2)17-11-15-6-8-16(9-7-15)18-10-4-5-14(3)12-18/h6-9,13-14,17H,4-5,10-12H2,1-3H3. The Labute approximate surface area is 111 Å². The Morgan fingerprint density at radius 3 is 2.61 bits per heavy atom. The largest absolute Gasteiger partial charge is 0.371 e. The van der Waals surface area contributed by atoms with Gasteiger partial charge in [-0.15, -0.1) is 0 Å². The van der Waals surface area contributed by atoms with Crippen molar-refractivity contribution in [2.24, 2.45) is 5.92 Å². The van der Waals surface area contributed by atoms with Crippen LogP contribution in [0.3, 0.4) is 0 Å². The number of nitrogens with one attached hydrogen (secondary N) is 1. The van der Waals surface area contributed by atoms with Gasteiger partial charge in [0.15, 0.2) is 0 Å². The molecule has 1 atom stereocenters. The average molecular weight is 246 g/mol. The zero-order chi connectivity index (χ0) is 13.0. The summed E-state index contributed by atoms with van der Waals surface area (Å²) < 4.78 is 0. The molecule has 0 bridgehead atoms. The van der Waals surface area contributed by atoms with Gasteiger partial charge in [-0.3, -0.25) is 0 Å². The van der Waals surface area contributed by atoms with Gasteiger partial charge in [-0.2, -0.15) is 0 Å². The van der Waals surface area contributed by atoms with Gasteiger partial charge in [-0.05, 0) is 36.5 Å². The van der Waals surface area contributed by atoms with E-state index < -0.39 is 0 Å². The Balaban J connectivity index is 1.94. The van der Waals surface area contributed by atoms with Crippen LogP contribution in [0.4, 0.5) is 5.69 Å². The minimum atomic E-state index is 0.549. The van der Waals surface area contributed by atoms with Crippen molar-refractivity contribution in [1.29, 1.82) is 0 Å². The number of hydrogen-bond donors (Lipinski definition) is 1. The zero-order valence-corrected chi connectivity index (χ0v) is 11.9. The Hall–Kier alpha value is -1.02. The summed E-state index contributed by atoms with van der Waals surface area (Å²) in [6, 6.07) is 9.60. The van der Waals surface area contributed by atoms with Crippen LogP contribution in [-0.4, -0.2) is 19.1 Å². The van der Waals surface area contributed by atoms with Crippen molar-refractivity contribution in [3.63, 3.8) is 0 Å². The maximum absolute atomic E-state index is 3.45. The van der Waals surface area contributed by atoms with Crippen LogP contribution in [0.5, 0.6) is 0 Å². The molecule has 2 nitrogen and oxygen atoms in total. The Kier molecular flexibility index (Phi) is 4.65. The molecule has 0 radical (unpaired) electrons. The third-order valence-corrected chi connectivity index (χ3v) is 3.67. The molecule has 0 aromatic heterocycles. The summed E-state index contributed by atoms with van der Waals surface area (Å²) in [5.41, 5.74) is 2.76. The van der Waals surface area contributed by atoms with Gasteiger partial charge >= 0.3 is 0 Å². The van der Waals surface area contributed by atoms with Crippen LogP contribution in [-0.2, 0) is 6.54 Å². The third kappa shape index (κ3) is 3.74. The van der Waals surface area contributed by atoms with E-state index in [-0.39, 0.29) is 0 Å². The van der Waals surface area contributed by atoms with Crippen LogP contribution in [0.2, 0.25) is 0 Å². The maximum Gasteiger partial charge on any atom is 0.0366 e. The molecule has 1 unspecified atom stereocenters. The Morgan fingerprint density at radius 1 is 1.28 bits per heavy atom. The topological polar surface area (TPSA) is 15.3 Å². The smallest absolute Gasteiger partial charge is 0.0366 e. The lowest BCUT2D eigenvalue weighted by molar-refractivity contribution is 0.447. The van der Waals surface area contributed by atoms with Crippen molar-refractivity contribution < 1.29 is 0 Å². The lowest BCUT2D eigenvalue weighted by Crippen LogP contribution is -2.34. The fraction of sp³-hybridized carbons (Fsp3) is 0.625. The second-order valence-electron chi connectivity index (χ2n) is 5.90. The number of nitrogens with zero attached hydrogens (tertiary/aromatic N) is 1. The fourth-order valence-electron chi connectivity index (χ4n) is 2.57. The number of rotatable bonds is 4. The molecule has 100 valence electrons. The molecule has 0 amide bonds. The van der Waals surface area contributed by atoms with Crippen molar-refractivity contribution in [3.05, 3.63) is 29.8 Å². The van der Waals surface area contributed by atoms with Crippen LogP contribution in [0, 0.1) is 5.92 Å². The minimum Gasteiger partial charge on any atom is -0.371 e. The first-order chi connectivity index (χ1) is 8.65. The first-order valence-electron chi connectivity index (χ1n) is 7.22. The molecule has 2 heteroatoms. The van der Waals surface area contributed by atoms with Crippen LogP contribution in [0.1, 0.15) is 39.2 Å². The van der Waals surface area contributed by atoms with Gasteiger partial charge in [-0.25, -0.2) is 0 Å². The van der Waals surface area contributed by atoms with Crippen molar-refractivity contribution in [1.82, 2.24) is 5.32 Å². The predicted molar refractivity (Wildman–Crippen MR) is 79.0 cm³/mol. The second-order valence-corrected chi connectivity index (χ2v) is 5.90. The molecule has 0 aliphatic carbocycles. The van der Waals surface area contributed by atoms with Crippen molar-refractivity contribution in [3.8, 4) is 0 Å². The molecule has 2 rings (SSSR count). The molecule has 1 fully saturated rings. The molecular formula is C16H26N2. The molecular weight excluding hydrogens is 220 g/mol. The Bertz CT molecular complexity index is 356. The van der Waals surface area contributed by atoms with E-state index in [1.54, 1.807) is 0 Å². The number of piperidine rings is 1. The predicted octanol–water partition coefficient (Wildman–Crippen LogP) is 3.42. The molecule has 1 N–H and O–H groups in total. The lowest BCUT2D eigenvalue weighted by atomic mass is 9.99. The highest BCUT2D eigenvalue weighted by molar-refractivity contribution is 5.48. The molecule has 1 aromatic carbocycles. The van der Waals surface area contributed by atoms with Crippen molar-refractivity contribution in [2.75, 3.05) is 18.0 Å². The lowest BCUT2D eigenvalue weighted by Gasteiger charge is -2.32. The van der Waals surface area contributed by atoms with E-state index in [0.29, 0.717) is 6.04 Å². The van der Waals surface area contributed by atoms with E-state index in [1.807, 2.05) is 0 Å². The number of hydrogen-bond acceptors (Lipinski definition) is 2. The van der Waals surface area contributed by atoms with Gasteiger partial charge in [0, 0.05) is 31.4 Å². The fourth-order valence-corrected chi connectivity index (χ4v) is 2.57. The van der Waals surface area contributed by atoms with Crippen LogP contribution < -0.4 is 10.2 Å². The quantitative estimate of drug-likeness (QED) is 0.875. The third-order valence-electron chi connectivity index (χ3n) is 3.67. The van der Waals surface area contributed by atoms with E-state index in [0.717, 1.165) is 12.5 Å². The maximum atomic E-state index is 3.45. The number of benzene rings is 1.